The fraction of sp³-hybridized carbons (Fsp3) is 0.375. The number of carbonyl (C=O) groups is 1. The quantitative estimate of drug-likeness (QED) is 0.866. The van der Waals surface area contributed by atoms with Gasteiger partial charge in [0.25, 0.3) is 5.91 Å². The van der Waals surface area contributed by atoms with Crippen molar-refractivity contribution >= 4 is 5.91 Å². The second-order valence-corrected chi connectivity index (χ2v) is 5.59. The van der Waals surface area contributed by atoms with E-state index in [2.05, 4.69) is 16.0 Å². The van der Waals surface area contributed by atoms with E-state index in [-0.39, 0.29) is 12.0 Å². The second kappa shape index (κ2) is 4.91. The minimum absolute atomic E-state index is 0.0877. The lowest BCUT2D eigenvalue weighted by molar-refractivity contribution is -0.140. The number of carbonyl (C=O) groups excluding carboxylic acids is 1. The molecule has 0 aliphatic carbocycles. The highest BCUT2D eigenvalue weighted by Gasteiger charge is 2.32. The van der Waals surface area contributed by atoms with Gasteiger partial charge in [0.05, 0.1) is 24.3 Å². The summed E-state index contributed by atoms with van der Waals surface area (Å²) in [4.78, 5) is 21.9. The summed E-state index contributed by atoms with van der Waals surface area (Å²) in [6.45, 7) is 1.33. The lowest BCUT2D eigenvalue weighted by atomic mass is 10.0. The molecular formula is C16H17N3O2. The van der Waals surface area contributed by atoms with Crippen LogP contribution in [-0.4, -0.2) is 33.4 Å². The van der Waals surface area contributed by atoms with Crippen LogP contribution < -0.4 is 4.74 Å². The first-order valence-electron chi connectivity index (χ1n) is 7.36. The number of nitrogens with one attached hydrogen (secondary N) is 1. The van der Waals surface area contributed by atoms with Gasteiger partial charge < -0.3 is 14.6 Å². The van der Waals surface area contributed by atoms with Gasteiger partial charge >= 0.3 is 0 Å². The maximum absolute atomic E-state index is 12.7. The number of para-hydroxylation sites is 1. The Hall–Kier alpha value is -2.30. The molecule has 1 amide bonds. The Labute approximate surface area is 122 Å². The summed E-state index contributed by atoms with van der Waals surface area (Å²) >= 11 is 0. The number of hydrogen-bond acceptors (Lipinski definition) is 3. The van der Waals surface area contributed by atoms with E-state index in [4.69, 9.17) is 4.74 Å². The van der Waals surface area contributed by atoms with Crippen LogP contribution in [0, 0.1) is 0 Å². The maximum Gasteiger partial charge on any atom is 0.264 e. The van der Waals surface area contributed by atoms with Gasteiger partial charge in [-0.05, 0) is 24.5 Å². The number of fused-ring (bicyclic) bond motifs is 2. The number of rotatable bonds is 1. The Kier molecular flexibility index (Phi) is 2.91. The lowest BCUT2D eigenvalue weighted by Crippen LogP contribution is -2.45. The van der Waals surface area contributed by atoms with Crippen molar-refractivity contribution in [3.63, 3.8) is 0 Å². The van der Waals surface area contributed by atoms with E-state index in [1.165, 1.54) is 5.56 Å². The smallest absolute Gasteiger partial charge is 0.264 e. The van der Waals surface area contributed by atoms with Crippen LogP contribution in [-0.2, 0) is 24.2 Å². The Balaban J connectivity index is 1.49. The molecular weight excluding hydrogens is 266 g/mol. The molecule has 0 spiro atoms. The highest BCUT2D eigenvalue weighted by atomic mass is 16.5. The van der Waals surface area contributed by atoms with Crippen LogP contribution in [0.25, 0.3) is 0 Å². The normalized spacial score (nSPS) is 20.4. The molecule has 0 fully saturated rings. The number of aromatic nitrogens is 2. The molecule has 3 heterocycles. The topological polar surface area (TPSA) is 58.2 Å². The van der Waals surface area contributed by atoms with Crippen LogP contribution in [0.2, 0.25) is 0 Å². The number of amides is 1. The van der Waals surface area contributed by atoms with E-state index in [0.717, 1.165) is 42.9 Å². The van der Waals surface area contributed by atoms with E-state index in [1.54, 1.807) is 6.33 Å². The van der Waals surface area contributed by atoms with Crippen molar-refractivity contribution in [2.24, 2.45) is 0 Å². The molecule has 2 aromatic rings. The number of hydrogen-bond donors (Lipinski definition) is 1. The summed E-state index contributed by atoms with van der Waals surface area (Å²) in [7, 11) is 0. The van der Waals surface area contributed by atoms with Gasteiger partial charge in [-0.3, -0.25) is 4.79 Å². The highest BCUT2D eigenvalue weighted by Crippen LogP contribution is 2.28. The number of aryl methyl sites for hydroxylation is 1. The summed E-state index contributed by atoms with van der Waals surface area (Å²) in [6, 6.07) is 7.96. The van der Waals surface area contributed by atoms with Gasteiger partial charge in [0.1, 0.15) is 5.75 Å². The standard InChI is InChI=1S/C16H17N3O2/c20-16(19-8-7-12-13(9-19)18-10-17-12)15-6-5-11-3-1-2-4-14(11)21-15/h1-4,10,15H,5-9H2,(H,17,18). The zero-order valence-electron chi connectivity index (χ0n) is 11.7. The van der Waals surface area contributed by atoms with Crippen molar-refractivity contribution in [3.8, 4) is 5.75 Å². The Morgan fingerprint density at radius 2 is 2.24 bits per heavy atom. The minimum Gasteiger partial charge on any atom is -0.480 e. The summed E-state index contributed by atoms with van der Waals surface area (Å²) < 4.78 is 5.90. The first kappa shape index (κ1) is 12.4. The third kappa shape index (κ3) is 2.18. The molecule has 1 unspecified atom stereocenters. The van der Waals surface area contributed by atoms with Crippen LogP contribution >= 0.6 is 0 Å². The third-order valence-corrected chi connectivity index (χ3v) is 4.28. The average Bonchev–Trinajstić information content (AvgIpc) is 3.01. The molecule has 5 nitrogen and oxygen atoms in total. The number of imidazole rings is 1. The minimum atomic E-state index is -0.357. The lowest BCUT2D eigenvalue weighted by Gasteiger charge is -2.32. The molecule has 4 rings (SSSR count). The molecule has 0 bridgehead atoms. The van der Waals surface area contributed by atoms with Crippen LogP contribution in [0.3, 0.4) is 0 Å². The molecule has 108 valence electrons. The van der Waals surface area contributed by atoms with Gasteiger partial charge in [0, 0.05) is 13.0 Å². The molecule has 0 radical (unpaired) electrons. The van der Waals surface area contributed by atoms with Crippen LogP contribution in [0.5, 0.6) is 5.75 Å². The summed E-state index contributed by atoms with van der Waals surface area (Å²) in [6.07, 6.45) is 3.81. The molecule has 1 atom stereocenters. The van der Waals surface area contributed by atoms with Crippen LogP contribution in [0.1, 0.15) is 23.4 Å². The fourth-order valence-corrected chi connectivity index (χ4v) is 3.10. The Morgan fingerprint density at radius 1 is 1.33 bits per heavy atom. The molecule has 2 aliphatic rings. The van der Waals surface area contributed by atoms with Crippen molar-refractivity contribution < 1.29 is 9.53 Å². The number of ether oxygens (including phenoxy) is 1. The van der Waals surface area contributed by atoms with Gasteiger partial charge in [-0.15, -0.1) is 0 Å². The van der Waals surface area contributed by atoms with Crippen molar-refractivity contribution in [2.45, 2.75) is 31.9 Å². The number of benzene rings is 1. The molecule has 1 aromatic heterocycles. The van der Waals surface area contributed by atoms with Gasteiger partial charge in [0.15, 0.2) is 6.10 Å². The predicted molar refractivity (Wildman–Crippen MR) is 76.9 cm³/mol. The van der Waals surface area contributed by atoms with Crippen LogP contribution in [0.15, 0.2) is 30.6 Å². The monoisotopic (exact) mass is 283 g/mol. The van der Waals surface area contributed by atoms with Crippen molar-refractivity contribution in [3.05, 3.63) is 47.5 Å². The van der Waals surface area contributed by atoms with E-state index in [0.29, 0.717) is 6.54 Å². The largest absolute Gasteiger partial charge is 0.480 e. The second-order valence-electron chi connectivity index (χ2n) is 5.59. The zero-order chi connectivity index (χ0) is 14.2. The molecule has 1 aromatic carbocycles. The maximum atomic E-state index is 12.7. The molecule has 1 N–H and O–H groups in total. The number of H-pyrrole nitrogens is 1. The Bertz CT molecular complexity index is 680. The summed E-state index contributed by atoms with van der Waals surface area (Å²) in [5.74, 6) is 0.936. The summed E-state index contributed by atoms with van der Waals surface area (Å²) in [5.41, 5.74) is 3.32. The van der Waals surface area contributed by atoms with E-state index in [9.17, 15) is 4.79 Å². The first-order valence-corrected chi connectivity index (χ1v) is 7.36. The van der Waals surface area contributed by atoms with Gasteiger partial charge in [-0.1, -0.05) is 18.2 Å². The average molecular weight is 283 g/mol. The number of nitrogens with zero attached hydrogens (tertiary/aromatic N) is 2. The highest BCUT2D eigenvalue weighted by molar-refractivity contribution is 5.82. The Morgan fingerprint density at radius 3 is 3.19 bits per heavy atom. The number of aromatic amines is 1. The molecule has 2 aliphatic heterocycles. The molecule has 5 heteroatoms. The van der Waals surface area contributed by atoms with E-state index < -0.39 is 0 Å². The van der Waals surface area contributed by atoms with Crippen LogP contribution in [0.4, 0.5) is 0 Å². The zero-order valence-corrected chi connectivity index (χ0v) is 11.7. The van der Waals surface area contributed by atoms with E-state index in [1.807, 2.05) is 23.1 Å². The molecule has 0 saturated carbocycles. The fourth-order valence-electron chi connectivity index (χ4n) is 3.10. The SMILES string of the molecule is O=C(C1CCc2ccccc2O1)N1CCc2nc[nH]c2C1. The van der Waals surface area contributed by atoms with Gasteiger partial charge in [0.2, 0.25) is 0 Å². The van der Waals surface area contributed by atoms with Crippen molar-refractivity contribution in [2.75, 3.05) is 6.54 Å². The van der Waals surface area contributed by atoms with Crippen molar-refractivity contribution in [1.29, 1.82) is 0 Å². The summed E-state index contributed by atoms with van der Waals surface area (Å²) in [5, 5.41) is 0. The van der Waals surface area contributed by atoms with E-state index >= 15 is 0 Å². The first-order chi connectivity index (χ1) is 10.3. The molecule has 21 heavy (non-hydrogen) atoms. The molecule has 0 saturated heterocycles. The van der Waals surface area contributed by atoms with Crippen molar-refractivity contribution in [1.82, 2.24) is 14.9 Å². The van der Waals surface area contributed by atoms with Gasteiger partial charge in [-0.2, -0.15) is 0 Å². The predicted octanol–water partition coefficient (Wildman–Crippen LogP) is 1.69. The third-order valence-electron chi connectivity index (χ3n) is 4.28. The van der Waals surface area contributed by atoms with Gasteiger partial charge in [-0.25, -0.2) is 4.98 Å².